The second-order valence-electron chi connectivity index (χ2n) is 0.858. The minimum Gasteiger partial charge on any atom is -0.750 e. The van der Waals surface area contributed by atoms with Crippen LogP contribution in [0.15, 0.2) is 12.7 Å². The molecule has 0 heterocycles. The first-order valence-corrected chi connectivity index (χ1v) is 2.89. The Kier molecular flexibility index (Phi) is 9.86. The van der Waals surface area contributed by atoms with Crippen LogP contribution in [0.2, 0.25) is 0 Å². The number of rotatable bonds is 1. The third kappa shape index (κ3) is 26.9. The molecule has 0 saturated carbocycles. The SMILES string of the molecule is C=CC(=O)ON.O=S([O-])O. The molecule has 1 atom stereocenters. The van der Waals surface area contributed by atoms with Gasteiger partial charge in [0.2, 0.25) is 0 Å². The summed E-state index contributed by atoms with van der Waals surface area (Å²) in [7, 11) is 0. The van der Waals surface area contributed by atoms with Gasteiger partial charge in [-0.15, -0.1) is 0 Å². The molecule has 0 aliphatic carbocycles. The maximum absolute atomic E-state index is 9.72. The molecule has 0 radical (unpaired) electrons. The zero-order valence-corrected chi connectivity index (χ0v) is 5.67. The van der Waals surface area contributed by atoms with Crippen molar-refractivity contribution in [3.63, 3.8) is 0 Å². The standard InChI is InChI=1S/C3H5NO2.H2O3S/c1-2-3(5)6-4;1-4(2)3/h2H,1,4H2;(H2,1,2,3)/p-1. The Bertz CT molecular complexity index is 131. The highest BCUT2D eigenvalue weighted by Crippen LogP contribution is 1.64. The molecule has 0 rings (SSSR count). The third-order valence-electron chi connectivity index (χ3n) is 0.283. The molecule has 0 spiro atoms. The van der Waals surface area contributed by atoms with Crippen LogP contribution in [0.3, 0.4) is 0 Å². The smallest absolute Gasteiger partial charge is 0.348 e. The van der Waals surface area contributed by atoms with Gasteiger partial charge in [0.05, 0.1) is 11.4 Å². The van der Waals surface area contributed by atoms with Gasteiger partial charge in [-0.2, -0.15) is 5.90 Å². The summed E-state index contributed by atoms with van der Waals surface area (Å²) in [5, 5.41) is 0. The molecule has 3 N–H and O–H groups in total. The van der Waals surface area contributed by atoms with Crippen molar-refractivity contribution in [1.82, 2.24) is 0 Å². The van der Waals surface area contributed by atoms with Gasteiger partial charge in [0.25, 0.3) is 0 Å². The molecule has 0 bridgehead atoms. The minimum absolute atomic E-state index is 0.616. The second-order valence-corrected chi connectivity index (χ2v) is 1.29. The Morgan fingerprint density at radius 1 is 1.90 bits per heavy atom. The first-order chi connectivity index (χ1) is 4.54. The van der Waals surface area contributed by atoms with Crippen LogP contribution in [0.25, 0.3) is 0 Å². The Morgan fingerprint density at radius 2 is 2.20 bits per heavy atom. The molecule has 0 aromatic carbocycles. The van der Waals surface area contributed by atoms with Crippen molar-refractivity contribution in [3.8, 4) is 0 Å². The molecular weight excluding hydrogens is 162 g/mol. The van der Waals surface area contributed by atoms with Crippen LogP contribution in [0.1, 0.15) is 0 Å². The van der Waals surface area contributed by atoms with E-state index in [1.165, 1.54) is 0 Å². The largest absolute Gasteiger partial charge is 0.750 e. The molecule has 10 heavy (non-hydrogen) atoms. The topological polar surface area (TPSA) is 113 Å². The van der Waals surface area contributed by atoms with Crippen LogP contribution in [-0.2, 0) is 21.0 Å². The second kappa shape index (κ2) is 8.24. The van der Waals surface area contributed by atoms with Gasteiger partial charge < -0.3 is 13.9 Å². The highest BCUT2D eigenvalue weighted by molar-refractivity contribution is 7.73. The van der Waals surface area contributed by atoms with E-state index in [0.29, 0.717) is 0 Å². The van der Waals surface area contributed by atoms with Gasteiger partial charge in [-0.3, -0.25) is 0 Å². The Hall–Kier alpha value is -0.760. The Balaban J connectivity index is 0. The van der Waals surface area contributed by atoms with Gasteiger partial charge >= 0.3 is 5.97 Å². The average Bonchev–Trinajstić information content (AvgIpc) is 1.85. The van der Waals surface area contributed by atoms with E-state index in [9.17, 15) is 4.79 Å². The summed E-state index contributed by atoms with van der Waals surface area (Å²) in [6.07, 6.45) is 0.986. The van der Waals surface area contributed by atoms with Gasteiger partial charge in [0, 0.05) is 6.08 Å². The van der Waals surface area contributed by atoms with Crippen molar-refractivity contribution in [3.05, 3.63) is 12.7 Å². The summed E-state index contributed by atoms with van der Waals surface area (Å²) >= 11 is -2.86. The Labute approximate surface area is 59.7 Å². The summed E-state index contributed by atoms with van der Waals surface area (Å²) in [6.45, 7) is 3.08. The quantitative estimate of drug-likeness (QED) is 0.293. The van der Waals surface area contributed by atoms with Crippen LogP contribution >= 0.6 is 0 Å². The van der Waals surface area contributed by atoms with Gasteiger partial charge in [0.1, 0.15) is 0 Å². The molecular formula is C3H6NO5S-. The number of hydrogen-bond acceptors (Lipinski definition) is 5. The fourth-order valence-electron chi connectivity index (χ4n) is 0.0481. The normalized spacial score (nSPS) is 10.3. The minimum atomic E-state index is -2.86. The third-order valence-corrected chi connectivity index (χ3v) is 0.283. The molecule has 0 fully saturated rings. The predicted octanol–water partition coefficient (Wildman–Crippen LogP) is -1.07. The zero-order chi connectivity index (χ0) is 8.57. The van der Waals surface area contributed by atoms with Crippen molar-refractivity contribution in [2.45, 2.75) is 0 Å². The van der Waals surface area contributed by atoms with E-state index >= 15 is 0 Å². The molecule has 0 aromatic rings. The molecule has 0 aliphatic heterocycles. The van der Waals surface area contributed by atoms with Crippen molar-refractivity contribution >= 4 is 17.3 Å². The summed E-state index contributed by atoms with van der Waals surface area (Å²) in [5.41, 5.74) is 0. The first-order valence-electron chi connectivity index (χ1n) is 1.86. The van der Waals surface area contributed by atoms with E-state index in [-0.39, 0.29) is 0 Å². The van der Waals surface area contributed by atoms with E-state index in [1.54, 1.807) is 0 Å². The van der Waals surface area contributed by atoms with Crippen LogP contribution < -0.4 is 5.90 Å². The van der Waals surface area contributed by atoms with Crippen molar-refractivity contribution < 1.29 is 22.9 Å². The summed E-state index contributed by atoms with van der Waals surface area (Å²) in [4.78, 5) is 13.4. The zero-order valence-electron chi connectivity index (χ0n) is 4.85. The maximum atomic E-state index is 9.72. The lowest BCUT2D eigenvalue weighted by molar-refractivity contribution is -0.138. The molecule has 0 saturated heterocycles. The Morgan fingerprint density at radius 3 is 2.20 bits per heavy atom. The maximum Gasteiger partial charge on any atom is 0.348 e. The molecule has 0 amide bonds. The van der Waals surface area contributed by atoms with Gasteiger partial charge in [0.15, 0.2) is 0 Å². The van der Waals surface area contributed by atoms with E-state index in [1.807, 2.05) is 0 Å². The average molecular weight is 168 g/mol. The van der Waals surface area contributed by atoms with Crippen molar-refractivity contribution in [1.29, 1.82) is 0 Å². The van der Waals surface area contributed by atoms with Gasteiger partial charge in [-0.1, -0.05) is 6.58 Å². The highest BCUT2D eigenvalue weighted by Gasteiger charge is 1.83. The van der Waals surface area contributed by atoms with Crippen LogP contribution in [0.5, 0.6) is 0 Å². The van der Waals surface area contributed by atoms with Crippen LogP contribution in [0.4, 0.5) is 0 Å². The van der Waals surface area contributed by atoms with E-state index in [0.717, 1.165) is 6.08 Å². The predicted molar refractivity (Wildman–Crippen MR) is 32.0 cm³/mol. The number of nitrogens with two attached hydrogens (primary N) is 1. The van der Waals surface area contributed by atoms with E-state index in [4.69, 9.17) is 13.3 Å². The van der Waals surface area contributed by atoms with Crippen LogP contribution in [0, 0.1) is 0 Å². The number of carbonyl (C=O) groups excluding carboxylic acids is 1. The monoisotopic (exact) mass is 168 g/mol. The van der Waals surface area contributed by atoms with Gasteiger partial charge in [-0.25, -0.2) is 9.00 Å². The molecule has 60 valence electrons. The summed E-state index contributed by atoms with van der Waals surface area (Å²) < 4.78 is 24.1. The summed E-state index contributed by atoms with van der Waals surface area (Å²) in [6, 6.07) is 0. The molecule has 1 unspecified atom stereocenters. The van der Waals surface area contributed by atoms with Gasteiger partial charge in [-0.05, 0) is 0 Å². The van der Waals surface area contributed by atoms with E-state index in [2.05, 4.69) is 17.3 Å². The van der Waals surface area contributed by atoms with Crippen molar-refractivity contribution in [2.24, 2.45) is 5.90 Å². The lowest BCUT2D eigenvalue weighted by Gasteiger charge is -1.83. The number of carbonyl (C=O) groups is 1. The van der Waals surface area contributed by atoms with E-state index < -0.39 is 17.3 Å². The number of hydrogen-bond donors (Lipinski definition) is 2. The first kappa shape index (κ1) is 12.0. The molecule has 0 aromatic heterocycles. The molecule has 0 aliphatic rings. The highest BCUT2D eigenvalue weighted by atomic mass is 32.2. The van der Waals surface area contributed by atoms with Crippen LogP contribution in [-0.4, -0.2) is 19.3 Å². The lowest BCUT2D eigenvalue weighted by atomic mass is 10.7. The molecule has 6 nitrogen and oxygen atoms in total. The molecule has 7 heteroatoms. The fraction of sp³-hybridized carbons (Fsp3) is 0. The lowest BCUT2D eigenvalue weighted by Crippen LogP contribution is -2.04. The van der Waals surface area contributed by atoms with Crippen molar-refractivity contribution in [2.75, 3.05) is 0 Å². The summed E-state index contributed by atoms with van der Waals surface area (Å²) in [5.74, 6) is 3.75. The fourth-order valence-corrected chi connectivity index (χ4v) is 0.0481.